The number of rotatable bonds is 4. The molecule has 0 spiro atoms. The molecule has 0 bridgehead atoms. The molecular formula is C10H9FN4OS. The van der Waals surface area contributed by atoms with E-state index in [-0.39, 0.29) is 11.6 Å². The van der Waals surface area contributed by atoms with Crippen molar-refractivity contribution in [1.29, 1.82) is 0 Å². The fourth-order valence-corrected chi connectivity index (χ4v) is 1.93. The zero-order chi connectivity index (χ0) is 12.3. The SMILES string of the molecule is NC(=O)CSc1nncn1-c1ccccc1F. The highest BCUT2D eigenvalue weighted by Crippen LogP contribution is 2.20. The Balaban J connectivity index is 2.31. The Bertz CT molecular complexity index is 543. The fraction of sp³-hybridized carbons (Fsp3) is 0.100. The van der Waals surface area contributed by atoms with Gasteiger partial charge in [0.05, 0.1) is 11.4 Å². The molecule has 5 nitrogen and oxygen atoms in total. The van der Waals surface area contributed by atoms with Crippen molar-refractivity contribution in [2.75, 3.05) is 5.75 Å². The highest BCUT2D eigenvalue weighted by molar-refractivity contribution is 7.99. The van der Waals surface area contributed by atoms with Gasteiger partial charge in [0.15, 0.2) is 5.16 Å². The molecule has 0 fully saturated rings. The van der Waals surface area contributed by atoms with E-state index >= 15 is 0 Å². The van der Waals surface area contributed by atoms with Gasteiger partial charge in [0.25, 0.3) is 0 Å². The summed E-state index contributed by atoms with van der Waals surface area (Å²) in [5.74, 6) is -0.765. The predicted octanol–water partition coefficient (Wildman–Crippen LogP) is 0.984. The van der Waals surface area contributed by atoms with E-state index in [9.17, 15) is 9.18 Å². The normalized spacial score (nSPS) is 10.4. The van der Waals surface area contributed by atoms with Crippen LogP contribution in [0.3, 0.4) is 0 Å². The zero-order valence-corrected chi connectivity index (χ0v) is 9.52. The minimum atomic E-state index is -0.460. The first kappa shape index (κ1) is 11.6. The molecule has 0 saturated heterocycles. The average molecular weight is 252 g/mol. The molecule has 0 atom stereocenters. The van der Waals surface area contributed by atoms with Crippen LogP contribution in [0.15, 0.2) is 35.7 Å². The molecule has 2 rings (SSSR count). The van der Waals surface area contributed by atoms with Crippen LogP contribution >= 0.6 is 11.8 Å². The summed E-state index contributed by atoms with van der Waals surface area (Å²) >= 11 is 1.11. The van der Waals surface area contributed by atoms with Gasteiger partial charge in [-0.1, -0.05) is 23.9 Å². The van der Waals surface area contributed by atoms with Crippen LogP contribution in [0.1, 0.15) is 0 Å². The van der Waals surface area contributed by atoms with Crippen molar-refractivity contribution in [2.24, 2.45) is 5.73 Å². The van der Waals surface area contributed by atoms with E-state index in [1.807, 2.05) is 0 Å². The number of carbonyl (C=O) groups is 1. The van der Waals surface area contributed by atoms with Gasteiger partial charge >= 0.3 is 0 Å². The first-order chi connectivity index (χ1) is 8.18. The standard InChI is InChI=1S/C10H9FN4OS/c11-7-3-1-2-4-8(7)15-6-13-14-10(15)17-5-9(12)16/h1-4,6H,5H2,(H2,12,16). The van der Waals surface area contributed by atoms with Crippen molar-refractivity contribution in [3.8, 4) is 5.69 Å². The first-order valence-corrected chi connectivity index (χ1v) is 5.73. The second-order valence-electron chi connectivity index (χ2n) is 3.19. The van der Waals surface area contributed by atoms with E-state index < -0.39 is 5.91 Å². The Morgan fingerprint density at radius 3 is 2.94 bits per heavy atom. The molecule has 0 saturated carbocycles. The predicted molar refractivity (Wildman–Crippen MR) is 61.2 cm³/mol. The summed E-state index contributed by atoms with van der Waals surface area (Å²) in [6, 6.07) is 6.26. The molecule has 0 radical (unpaired) electrons. The first-order valence-electron chi connectivity index (χ1n) is 4.74. The van der Waals surface area contributed by atoms with Crippen molar-refractivity contribution >= 4 is 17.7 Å². The average Bonchev–Trinajstić information content (AvgIpc) is 2.75. The van der Waals surface area contributed by atoms with Crippen LogP contribution in [-0.2, 0) is 4.79 Å². The summed E-state index contributed by atoms with van der Waals surface area (Å²) in [5, 5.41) is 7.92. The van der Waals surface area contributed by atoms with E-state index in [0.29, 0.717) is 10.8 Å². The highest BCUT2D eigenvalue weighted by atomic mass is 32.2. The lowest BCUT2D eigenvalue weighted by Gasteiger charge is -2.05. The molecule has 1 aromatic heterocycles. The van der Waals surface area contributed by atoms with Gasteiger partial charge in [-0.05, 0) is 12.1 Å². The number of aromatic nitrogens is 3. The molecule has 17 heavy (non-hydrogen) atoms. The van der Waals surface area contributed by atoms with Gasteiger partial charge in [-0.3, -0.25) is 9.36 Å². The van der Waals surface area contributed by atoms with Crippen molar-refractivity contribution in [1.82, 2.24) is 14.8 Å². The van der Waals surface area contributed by atoms with Gasteiger partial charge in [0, 0.05) is 0 Å². The molecule has 2 aromatic rings. The van der Waals surface area contributed by atoms with Crippen LogP contribution in [0.5, 0.6) is 0 Å². The maximum absolute atomic E-state index is 13.6. The monoisotopic (exact) mass is 252 g/mol. The van der Waals surface area contributed by atoms with Crippen molar-refractivity contribution in [3.63, 3.8) is 0 Å². The van der Waals surface area contributed by atoms with Crippen LogP contribution in [0.4, 0.5) is 4.39 Å². The van der Waals surface area contributed by atoms with Crippen molar-refractivity contribution < 1.29 is 9.18 Å². The third-order valence-corrected chi connectivity index (χ3v) is 2.94. The molecule has 7 heteroatoms. The highest BCUT2D eigenvalue weighted by Gasteiger charge is 2.11. The number of nitrogens with two attached hydrogens (primary N) is 1. The lowest BCUT2D eigenvalue weighted by molar-refractivity contribution is -0.115. The summed E-state index contributed by atoms with van der Waals surface area (Å²) < 4.78 is 15.0. The van der Waals surface area contributed by atoms with Crippen molar-refractivity contribution in [2.45, 2.75) is 5.16 Å². The molecule has 0 aliphatic heterocycles. The number of hydrogen-bond donors (Lipinski definition) is 1. The number of carbonyl (C=O) groups excluding carboxylic acids is 1. The molecule has 0 aliphatic carbocycles. The molecule has 0 unspecified atom stereocenters. The van der Waals surface area contributed by atoms with Crippen LogP contribution in [0, 0.1) is 5.82 Å². The lowest BCUT2D eigenvalue weighted by atomic mass is 10.3. The van der Waals surface area contributed by atoms with Gasteiger partial charge in [-0.15, -0.1) is 10.2 Å². The third kappa shape index (κ3) is 2.62. The quantitative estimate of drug-likeness (QED) is 0.823. The second-order valence-corrected chi connectivity index (χ2v) is 4.13. The van der Waals surface area contributed by atoms with Crippen LogP contribution < -0.4 is 5.73 Å². The third-order valence-electron chi connectivity index (χ3n) is 1.97. The van der Waals surface area contributed by atoms with Gasteiger partial charge in [-0.2, -0.15) is 0 Å². The molecule has 2 N–H and O–H groups in total. The summed E-state index contributed by atoms with van der Waals surface area (Å²) in [6.45, 7) is 0. The summed E-state index contributed by atoms with van der Waals surface area (Å²) in [5.41, 5.74) is 5.37. The van der Waals surface area contributed by atoms with E-state index in [1.165, 1.54) is 17.0 Å². The van der Waals surface area contributed by atoms with E-state index in [4.69, 9.17) is 5.73 Å². The van der Waals surface area contributed by atoms with Gasteiger partial charge in [0.1, 0.15) is 12.1 Å². The largest absolute Gasteiger partial charge is 0.369 e. The number of nitrogens with zero attached hydrogens (tertiary/aromatic N) is 3. The Hall–Kier alpha value is -1.89. The molecule has 1 amide bonds. The lowest BCUT2D eigenvalue weighted by Crippen LogP contribution is -2.13. The van der Waals surface area contributed by atoms with E-state index in [1.54, 1.807) is 18.2 Å². The Kier molecular flexibility index (Phi) is 3.38. The summed E-state index contributed by atoms with van der Waals surface area (Å²) in [4.78, 5) is 10.7. The minimum Gasteiger partial charge on any atom is -0.369 e. The van der Waals surface area contributed by atoms with E-state index in [2.05, 4.69) is 10.2 Å². The number of primary amides is 1. The Labute approximate surface area is 101 Å². The fourth-order valence-electron chi connectivity index (χ4n) is 1.27. The molecule has 0 aliphatic rings. The molecule has 88 valence electrons. The maximum atomic E-state index is 13.6. The zero-order valence-electron chi connectivity index (χ0n) is 8.71. The number of amides is 1. The van der Waals surface area contributed by atoms with Gasteiger partial charge in [-0.25, -0.2) is 4.39 Å². The van der Waals surface area contributed by atoms with Gasteiger partial charge in [0.2, 0.25) is 5.91 Å². The number of benzene rings is 1. The Morgan fingerprint density at radius 2 is 2.24 bits per heavy atom. The topological polar surface area (TPSA) is 73.8 Å². The molecule has 1 heterocycles. The Morgan fingerprint density at radius 1 is 1.47 bits per heavy atom. The van der Waals surface area contributed by atoms with E-state index in [0.717, 1.165) is 11.8 Å². The van der Waals surface area contributed by atoms with Gasteiger partial charge < -0.3 is 5.73 Å². The number of thioether (sulfide) groups is 1. The number of para-hydroxylation sites is 1. The smallest absolute Gasteiger partial charge is 0.227 e. The van der Waals surface area contributed by atoms with Crippen LogP contribution in [0.25, 0.3) is 5.69 Å². The maximum Gasteiger partial charge on any atom is 0.227 e. The van der Waals surface area contributed by atoms with Crippen LogP contribution in [0.2, 0.25) is 0 Å². The number of hydrogen-bond acceptors (Lipinski definition) is 4. The van der Waals surface area contributed by atoms with Crippen molar-refractivity contribution in [3.05, 3.63) is 36.4 Å². The summed E-state index contributed by atoms with van der Waals surface area (Å²) in [7, 11) is 0. The number of halogens is 1. The minimum absolute atomic E-state index is 0.0765. The van der Waals surface area contributed by atoms with Crippen LogP contribution in [-0.4, -0.2) is 26.4 Å². The molecular weight excluding hydrogens is 243 g/mol. The second kappa shape index (κ2) is 4.96. The molecule has 1 aromatic carbocycles. The summed E-state index contributed by atoms with van der Waals surface area (Å²) in [6.07, 6.45) is 1.39.